The summed E-state index contributed by atoms with van der Waals surface area (Å²) in [6, 6.07) is 3.15. The number of carbonyl (C=O) groups is 2. The maximum atomic E-state index is 12.1. The van der Waals surface area contributed by atoms with Gasteiger partial charge in [-0.3, -0.25) is 9.59 Å². The van der Waals surface area contributed by atoms with E-state index in [9.17, 15) is 9.59 Å². The van der Waals surface area contributed by atoms with Crippen LogP contribution in [0, 0.1) is 0 Å². The summed E-state index contributed by atoms with van der Waals surface area (Å²) in [5.41, 5.74) is 0. The Hall–Kier alpha value is -1.36. The van der Waals surface area contributed by atoms with Crippen molar-refractivity contribution in [2.75, 3.05) is 13.1 Å². The average Bonchev–Trinajstić information content (AvgIpc) is 2.92. The SMILES string of the molecule is C[C@H](NC(=O)c1cccs1)C(=O)N1CCCCC1. The van der Waals surface area contributed by atoms with Gasteiger partial charge in [-0.1, -0.05) is 6.07 Å². The first kappa shape index (κ1) is 13.1. The van der Waals surface area contributed by atoms with Gasteiger partial charge in [0.2, 0.25) is 5.91 Å². The second kappa shape index (κ2) is 6.00. The molecule has 0 aliphatic carbocycles. The second-order valence-electron chi connectivity index (χ2n) is 4.56. The number of thiophene rings is 1. The molecule has 2 amide bonds. The third-order valence-corrected chi connectivity index (χ3v) is 4.00. The monoisotopic (exact) mass is 266 g/mol. The zero-order valence-corrected chi connectivity index (χ0v) is 11.3. The summed E-state index contributed by atoms with van der Waals surface area (Å²) in [6.45, 7) is 3.39. The summed E-state index contributed by atoms with van der Waals surface area (Å²) in [7, 11) is 0. The average molecular weight is 266 g/mol. The lowest BCUT2D eigenvalue weighted by Gasteiger charge is -2.29. The standard InChI is InChI=1S/C13H18N2O2S/c1-10(13(17)15-7-3-2-4-8-15)14-12(16)11-6-5-9-18-11/h5-6,9-10H,2-4,7-8H2,1H3,(H,14,16)/t10-/m0/s1. The number of nitrogens with zero attached hydrogens (tertiary/aromatic N) is 1. The van der Waals surface area contributed by atoms with Gasteiger partial charge in [-0.2, -0.15) is 0 Å². The fraction of sp³-hybridized carbons (Fsp3) is 0.538. The highest BCUT2D eigenvalue weighted by molar-refractivity contribution is 7.12. The number of amides is 2. The molecule has 0 saturated carbocycles. The molecule has 1 fully saturated rings. The van der Waals surface area contributed by atoms with Gasteiger partial charge in [0, 0.05) is 13.1 Å². The highest BCUT2D eigenvalue weighted by Gasteiger charge is 2.23. The van der Waals surface area contributed by atoms with Crippen LogP contribution in [-0.2, 0) is 4.79 Å². The lowest BCUT2D eigenvalue weighted by atomic mass is 10.1. The molecule has 0 aromatic carbocycles. The van der Waals surface area contributed by atoms with Crippen molar-refractivity contribution in [2.24, 2.45) is 0 Å². The molecule has 1 aliphatic heterocycles. The van der Waals surface area contributed by atoms with Crippen molar-refractivity contribution in [3.05, 3.63) is 22.4 Å². The van der Waals surface area contributed by atoms with Crippen molar-refractivity contribution in [1.29, 1.82) is 0 Å². The number of rotatable bonds is 3. The van der Waals surface area contributed by atoms with Crippen LogP contribution in [0.4, 0.5) is 0 Å². The molecular weight excluding hydrogens is 248 g/mol. The van der Waals surface area contributed by atoms with E-state index in [0.717, 1.165) is 25.9 Å². The summed E-state index contributed by atoms with van der Waals surface area (Å²) in [5, 5.41) is 4.61. The lowest BCUT2D eigenvalue weighted by Crippen LogP contribution is -2.48. The van der Waals surface area contributed by atoms with Crippen molar-refractivity contribution in [1.82, 2.24) is 10.2 Å². The van der Waals surface area contributed by atoms with Gasteiger partial charge >= 0.3 is 0 Å². The number of hydrogen-bond acceptors (Lipinski definition) is 3. The number of nitrogens with one attached hydrogen (secondary N) is 1. The zero-order chi connectivity index (χ0) is 13.0. The lowest BCUT2D eigenvalue weighted by molar-refractivity contribution is -0.133. The van der Waals surface area contributed by atoms with Gasteiger partial charge in [-0.15, -0.1) is 11.3 Å². The van der Waals surface area contributed by atoms with E-state index in [1.807, 2.05) is 16.3 Å². The van der Waals surface area contributed by atoms with Crippen molar-refractivity contribution in [3.8, 4) is 0 Å². The third kappa shape index (κ3) is 3.10. The second-order valence-corrected chi connectivity index (χ2v) is 5.51. The fourth-order valence-corrected chi connectivity index (χ4v) is 2.75. The van der Waals surface area contributed by atoms with Crippen LogP contribution >= 0.6 is 11.3 Å². The van der Waals surface area contributed by atoms with E-state index >= 15 is 0 Å². The Morgan fingerprint density at radius 1 is 1.33 bits per heavy atom. The van der Waals surface area contributed by atoms with E-state index in [-0.39, 0.29) is 11.8 Å². The van der Waals surface area contributed by atoms with Crippen LogP contribution in [0.5, 0.6) is 0 Å². The first-order valence-electron chi connectivity index (χ1n) is 6.31. The van der Waals surface area contributed by atoms with Crippen LogP contribution in [0.15, 0.2) is 17.5 Å². The predicted octanol–water partition coefficient (Wildman–Crippen LogP) is 1.88. The molecule has 4 nitrogen and oxygen atoms in total. The Balaban J connectivity index is 1.88. The summed E-state index contributed by atoms with van der Waals surface area (Å²) in [6.07, 6.45) is 3.33. The number of carbonyl (C=O) groups excluding carboxylic acids is 2. The Kier molecular flexibility index (Phi) is 4.36. The van der Waals surface area contributed by atoms with Crippen LogP contribution < -0.4 is 5.32 Å². The van der Waals surface area contributed by atoms with E-state index in [2.05, 4.69) is 5.32 Å². The Morgan fingerprint density at radius 3 is 2.67 bits per heavy atom. The molecule has 5 heteroatoms. The highest BCUT2D eigenvalue weighted by atomic mass is 32.1. The van der Waals surface area contributed by atoms with Crippen molar-refractivity contribution < 1.29 is 9.59 Å². The molecule has 2 heterocycles. The minimum atomic E-state index is -0.447. The molecule has 1 aromatic heterocycles. The van der Waals surface area contributed by atoms with Crippen LogP contribution in [0.1, 0.15) is 35.9 Å². The molecule has 98 valence electrons. The van der Waals surface area contributed by atoms with Gasteiger partial charge in [0.15, 0.2) is 0 Å². The van der Waals surface area contributed by atoms with Crippen LogP contribution in [0.3, 0.4) is 0 Å². The fourth-order valence-electron chi connectivity index (χ4n) is 2.13. The van der Waals surface area contributed by atoms with E-state index in [1.165, 1.54) is 17.8 Å². The van der Waals surface area contributed by atoms with Gasteiger partial charge in [-0.25, -0.2) is 0 Å². The molecule has 0 spiro atoms. The Morgan fingerprint density at radius 2 is 2.06 bits per heavy atom. The summed E-state index contributed by atoms with van der Waals surface area (Å²) in [4.78, 5) is 26.4. The van der Waals surface area contributed by atoms with Gasteiger partial charge in [0.25, 0.3) is 5.91 Å². The minimum Gasteiger partial charge on any atom is -0.341 e. The molecule has 1 saturated heterocycles. The molecule has 0 bridgehead atoms. The van der Waals surface area contributed by atoms with Crippen molar-refractivity contribution in [2.45, 2.75) is 32.2 Å². The Bertz CT molecular complexity index is 411. The van der Waals surface area contributed by atoms with Crippen molar-refractivity contribution >= 4 is 23.2 Å². The number of likely N-dealkylation sites (tertiary alicyclic amines) is 1. The van der Waals surface area contributed by atoms with E-state index in [4.69, 9.17) is 0 Å². The molecule has 0 radical (unpaired) electrons. The molecule has 1 atom stereocenters. The van der Waals surface area contributed by atoms with Gasteiger partial charge in [-0.05, 0) is 37.6 Å². The largest absolute Gasteiger partial charge is 0.341 e. The third-order valence-electron chi connectivity index (χ3n) is 3.13. The summed E-state index contributed by atoms with van der Waals surface area (Å²) < 4.78 is 0. The first-order valence-corrected chi connectivity index (χ1v) is 7.19. The summed E-state index contributed by atoms with van der Waals surface area (Å²) in [5.74, 6) is -0.137. The van der Waals surface area contributed by atoms with E-state index in [0.29, 0.717) is 4.88 Å². The van der Waals surface area contributed by atoms with Gasteiger partial charge < -0.3 is 10.2 Å². The van der Waals surface area contributed by atoms with Gasteiger partial charge in [0.05, 0.1) is 4.88 Å². The summed E-state index contributed by atoms with van der Waals surface area (Å²) >= 11 is 1.38. The maximum Gasteiger partial charge on any atom is 0.261 e. The van der Waals surface area contributed by atoms with Crippen molar-refractivity contribution in [3.63, 3.8) is 0 Å². The number of piperidine rings is 1. The van der Waals surface area contributed by atoms with Crippen LogP contribution in [-0.4, -0.2) is 35.8 Å². The molecule has 1 aromatic rings. The van der Waals surface area contributed by atoms with Crippen LogP contribution in [0.2, 0.25) is 0 Å². The first-order chi connectivity index (χ1) is 8.68. The molecule has 1 N–H and O–H groups in total. The van der Waals surface area contributed by atoms with E-state index < -0.39 is 6.04 Å². The quantitative estimate of drug-likeness (QED) is 0.908. The zero-order valence-electron chi connectivity index (χ0n) is 10.5. The molecular formula is C13H18N2O2S. The smallest absolute Gasteiger partial charge is 0.261 e. The highest BCUT2D eigenvalue weighted by Crippen LogP contribution is 2.11. The normalized spacial score (nSPS) is 17.3. The molecule has 0 unspecified atom stereocenters. The molecule has 2 rings (SSSR count). The molecule has 18 heavy (non-hydrogen) atoms. The van der Waals surface area contributed by atoms with E-state index in [1.54, 1.807) is 13.0 Å². The molecule has 1 aliphatic rings. The van der Waals surface area contributed by atoms with Crippen LogP contribution in [0.25, 0.3) is 0 Å². The van der Waals surface area contributed by atoms with Gasteiger partial charge in [0.1, 0.15) is 6.04 Å². The topological polar surface area (TPSA) is 49.4 Å². The maximum absolute atomic E-state index is 12.1. The predicted molar refractivity (Wildman–Crippen MR) is 71.7 cm³/mol. The minimum absolute atomic E-state index is 0.0274. The Labute approximate surface area is 111 Å². The number of hydrogen-bond donors (Lipinski definition) is 1.